The highest BCUT2D eigenvalue weighted by molar-refractivity contribution is 5.80. The minimum atomic E-state index is -4.37. The summed E-state index contributed by atoms with van der Waals surface area (Å²) in [4.78, 5) is 14.9. The number of alkyl halides is 3. The molecule has 0 unspecified atom stereocenters. The van der Waals surface area contributed by atoms with Crippen LogP contribution in [0.25, 0.3) is 0 Å². The molecule has 2 aliphatic rings. The summed E-state index contributed by atoms with van der Waals surface area (Å²) < 4.78 is 43.7. The van der Waals surface area contributed by atoms with Gasteiger partial charge in [-0.15, -0.1) is 0 Å². The summed E-state index contributed by atoms with van der Waals surface area (Å²) in [5, 5.41) is 11.7. The van der Waals surface area contributed by atoms with Crippen LogP contribution >= 0.6 is 0 Å². The second kappa shape index (κ2) is 7.63. The number of rotatable bonds is 4. The van der Waals surface area contributed by atoms with E-state index >= 15 is 0 Å². The van der Waals surface area contributed by atoms with Crippen molar-refractivity contribution in [2.24, 2.45) is 0 Å². The van der Waals surface area contributed by atoms with Crippen LogP contribution in [0.15, 0.2) is 18.3 Å². The van der Waals surface area contributed by atoms with E-state index in [0.29, 0.717) is 30.9 Å². The third kappa shape index (κ3) is 3.56. The molecule has 4 heterocycles. The molecule has 10 heteroatoms. The Bertz CT molecular complexity index is 920. The third-order valence-corrected chi connectivity index (χ3v) is 6.25. The number of anilines is 1. The molecule has 4 atom stereocenters. The van der Waals surface area contributed by atoms with Crippen LogP contribution in [0, 0.1) is 6.92 Å². The highest BCUT2D eigenvalue weighted by Crippen LogP contribution is 2.42. The van der Waals surface area contributed by atoms with Gasteiger partial charge in [0, 0.05) is 30.5 Å². The Morgan fingerprint density at radius 3 is 2.80 bits per heavy atom. The number of likely N-dealkylation sites (tertiary alicyclic amines) is 1. The monoisotopic (exact) mass is 424 g/mol. The number of halogens is 3. The number of carbonyl (C=O) groups is 1. The zero-order chi connectivity index (χ0) is 21.6. The van der Waals surface area contributed by atoms with Crippen LogP contribution in [0.2, 0.25) is 0 Å². The standard InChI is InChI=1S/C20H27F3N6O/c1-4-14-10-17(20(21,22)23)29-18(25-14)11-15(26-29)16-6-5-9-27(16)19(30)13(3)28-12(2)7-8-24-28/h7-8,11,13-14,16-17,25H,4-6,9-10H2,1-3H3/t13-,14+,16-,17+/m0/s1. The topological polar surface area (TPSA) is 68.0 Å². The van der Waals surface area contributed by atoms with Crippen molar-refractivity contribution in [2.75, 3.05) is 11.9 Å². The molecule has 1 fully saturated rings. The SMILES string of the molecule is CC[C@@H]1C[C@H](C(F)(F)F)n2nc([C@@H]3CCCN3C(=O)[C@H](C)n3nccc3C)cc2N1. The molecule has 164 valence electrons. The summed E-state index contributed by atoms with van der Waals surface area (Å²) in [7, 11) is 0. The molecule has 0 radical (unpaired) electrons. The van der Waals surface area contributed by atoms with Crippen molar-refractivity contribution in [3.63, 3.8) is 0 Å². The summed E-state index contributed by atoms with van der Waals surface area (Å²) in [5.41, 5.74) is 1.39. The van der Waals surface area contributed by atoms with Gasteiger partial charge in [0.1, 0.15) is 11.9 Å². The van der Waals surface area contributed by atoms with Crippen molar-refractivity contribution >= 4 is 11.7 Å². The number of aryl methyl sites for hydroxylation is 1. The maximum absolute atomic E-state index is 13.7. The maximum atomic E-state index is 13.7. The molecule has 0 bridgehead atoms. The molecule has 1 amide bonds. The molecule has 4 rings (SSSR count). The number of hydrogen-bond acceptors (Lipinski definition) is 4. The number of carbonyl (C=O) groups excluding carboxylic acids is 1. The quantitative estimate of drug-likeness (QED) is 0.805. The van der Waals surface area contributed by atoms with Gasteiger partial charge in [0.2, 0.25) is 5.91 Å². The molecule has 2 aromatic heterocycles. The number of nitrogens with zero attached hydrogens (tertiary/aromatic N) is 5. The van der Waals surface area contributed by atoms with E-state index < -0.39 is 18.3 Å². The van der Waals surface area contributed by atoms with Gasteiger partial charge in [-0.25, -0.2) is 4.68 Å². The summed E-state index contributed by atoms with van der Waals surface area (Å²) in [6.45, 7) is 6.11. The van der Waals surface area contributed by atoms with Crippen LogP contribution in [0.5, 0.6) is 0 Å². The molecule has 1 saturated heterocycles. The summed E-state index contributed by atoms with van der Waals surface area (Å²) in [5.74, 6) is 0.280. The fourth-order valence-electron chi connectivity index (χ4n) is 4.57. The van der Waals surface area contributed by atoms with E-state index in [2.05, 4.69) is 15.5 Å². The van der Waals surface area contributed by atoms with E-state index in [0.717, 1.165) is 16.8 Å². The number of nitrogens with one attached hydrogen (secondary N) is 1. The summed E-state index contributed by atoms with van der Waals surface area (Å²) in [6.07, 6.45) is -0.696. The van der Waals surface area contributed by atoms with Gasteiger partial charge in [-0.3, -0.25) is 9.48 Å². The van der Waals surface area contributed by atoms with Crippen LogP contribution in [-0.4, -0.2) is 49.1 Å². The van der Waals surface area contributed by atoms with Gasteiger partial charge >= 0.3 is 6.18 Å². The molecule has 0 spiro atoms. The van der Waals surface area contributed by atoms with E-state index in [1.807, 2.05) is 19.9 Å². The average Bonchev–Trinajstić information content (AvgIpc) is 3.43. The Morgan fingerprint density at radius 2 is 2.17 bits per heavy atom. The first-order valence-corrected chi connectivity index (χ1v) is 10.4. The van der Waals surface area contributed by atoms with Crippen molar-refractivity contribution in [1.82, 2.24) is 24.5 Å². The summed E-state index contributed by atoms with van der Waals surface area (Å²) in [6, 6.07) is 0.803. The van der Waals surface area contributed by atoms with E-state index in [4.69, 9.17) is 0 Å². The second-order valence-corrected chi connectivity index (χ2v) is 8.22. The number of fused-ring (bicyclic) bond motifs is 1. The molecule has 2 aromatic rings. The Balaban J connectivity index is 1.62. The highest BCUT2D eigenvalue weighted by Gasteiger charge is 2.46. The second-order valence-electron chi connectivity index (χ2n) is 8.22. The lowest BCUT2D eigenvalue weighted by atomic mass is 10.0. The number of hydrogen-bond donors (Lipinski definition) is 1. The van der Waals surface area contributed by atoms with Crippen molar-refractivity contribution < 1.29 is 18.0 Å². The van der Waals surface area contributed by atoms with Gasteiger partial charge < -0.3 is 10.2 Å². The summed E-state index contributed by atoms with van der Waals surface area (Å²) >= 11 is 0. The smallest absolute Gasteiger partial charge is 0.367 e. The normalized spacial score (nSPS) is 25.1. The van der Waals surface area contributed by atoms with Gasteiger partial charge in [-0.2, -0.15) is 23.4 Å². The molecule has 0 saturated carbocycles. The highest BCUT2D eigenvalue weighted by atomic mass is 19.4. The van der Waals surface area contributed by atoms with Crippen molar-refractivity contribution in [3.8, 4) is 0 Å². The van der Waals surface area contributed by atoms with Crippen molar-refractivity contribution in [1.29, 1.82) is 0 Å². The van der Waals surface area contributed by atoms with Gasteiger partial charge in [-0.1, -0.05) is 6.92 Å². The fraction of sp³-hybridized carbons (Fsp3) is 0.650. The Morgan fingerprint density at radius 1 is 1.40 bits per heavy atom. The van der Waals surface area contributed by atoms with Crippen molar-refractivity contribution in [2.45, 2.75) is 76.8 Å². The van der Waals surface area contributed by atoms with Crippen LogP contribution in [0.3, 0.4) is 0 Å². The first kappa shape index (κ1) is 20.7. The lowest BCUT2D eigenvalue weighted by molar-refractivity contribution is -0.173. The first-order chi connectivity index (χ1) is 14.2. The van der Waals surface area contributed by atoms with E-state index in [1.54, 1.807) is 28.8 Å². The van der Waals surface area contributed by atoms with Crippen LogP contribution in [-0.2, 0) is 4.79 Å². The van der Waals surface area contributed by atoms with E-state index in [9.17, 15) is 18.0 Å². The van der Waals surface area contributed by atoms with E-state index in [-0.39, 0.29) is 24.4 Å². The lowest BCUT2D eigenvalue weighted by Gasteiger charge is -2.32. The van der Waals surface area contributed by atoms with Crippen LogP contribution < -0.4 is 5.32 Å². The molecule has 1 N–H and O–H groups in total. The van der Waals surface area contributed by atoms with Gasteiger partial charge in [-0.05, 0) is 45.6 Å². The number of amides is 1. The van der Waals surface area contributed by atoms with Gasteiger partial charge in [0.05, 0.1) is 11.7 Å². The third-order valence-electron chi connectivity index (χ3n) is 6.25. The molecule has 7 nitrogen and oxygen atoms in total. The average molecular weight is 424 g/mol. The Hall–Kier alpha value is -2.52. The molecule has 0 aromatic carbocycles. The predicted molar refractivity (Wildman–Crippen MR) is 105 cm³/mol. The minimum Gasteiger partial charge on any atom is -0.367 e. The van der Waals surface area contributed by atoms with E-state index in [1.165, 1.54) is 0 Å². The van der Waals surface area contributed by atoms with Crippen molar-refractivity contribution in [3.05, 3.63) is 29.7 Å². The van der Waals surface area contributed by atoms with Crippen LogP contribution in [0.1, 0.15) is 69.0 Å². The van der Waals surface area contributed by atoms with Gasteiger partial charge in [0.25, 0.3) is 0 Å². The first-order valence-electron chi connectivity index (χ1n) is 10.4. The Labute approximate surface area is 173 Å². The largest absolute Gasteiger partial charge is 0.410 e. The number of aromatic nitrogens is 4. The minimum absolute atomic E-state index is 0.0446. The zero-order valence-corrected chi connectivity index (χ0v) is 17.4. The van der Waals surface area contributed by atoms with Gasteiger partial charge in [0.15, 0.2) is 6.04 Å². The predicted octanol–water partition coefficient (Wildman–Crippen LogP) is 4.01. The zero-order valence-electron chi connectivity index (χ0n) is 17.4. The molecular formula is C20H27F3N6O. The molecule has 30 heavy (non-hydrogen) atoms. The lowest BCUT2D eigenvalue weighted by Crippen LogP contribution is -2.39. The fourth-order valence-corrected chi connectivity index (χ4v) is 4.57. The van der Waals surface area contributed by atoms with Crippen LogP contribution in [0.4, 0.5) is 19.0 Å². The molecule has 2 aliphatic heterocycles. The maximum Gasteiger partial charge on any atom is 0.410 e. The molecular weight excluding hydrogens is 397 g/mol. The molecule has 0 aliphatic carbocycles. The Kier molecular flexibility index (Phi) is 5.27.